The molecule has 0 fully saturated rings. The molecule has 0 saturated carbocycles. The predicted octanol–water partition coefficient (Wildman–Crippen LogP) is 3.66. The molecule has 0 atom stereocenters. The molecule has 2 aromatic carbocycles. The van der Waals surface area contributed by atoms with Crippen LogP contribution in [-0.2, 0) is 15.0 Å². The van der Waals surface area contributed by atoms with E-state index in [1.165, 1.54) is 0 Å². The zero-order valence-electron chi connectivity index (χ0n) is 10.0. The molecule has 0 radical (unpaired) electrons. The second-order valence-corrected chi connectivity index (χ2v) is 5.70. The van der Waals surface area contributed by atoms with E-state index in [4.69, 9.17) is 11.6 Å². The number of halogens is 1. The normalized spacial score (nSPS) is 10.3. The molecule has 0 aromatic heterocycles. The second-order valence-electron chi connectivity index (χ2n) is 3.88. The average molecular weight is 305 g/mol. The third-order valence-corrected chi connectivity index (χ3v) is 3.85. The van der Waals surface area contributed by atoms with Crippen LogP contribution in [0.2, 0.25) is 5.02 Å². The fourth-order valence-electron chi connectivity index (χ4n) is 1.61. The average Bonchev–Trinajstić information content (AvgIpc) is 2.39. The quantitative estimate of drug-likeness (QED) is 0.806. The van der Waals surface area contributed by atoms with Gasteiger partial charge in [0, 0.05) is 0 Å². The van der Waals surface area contributed by atoms with Crippen molar-refractivity contribution >= 4 is 46.0 Å². The second kappa shape index (κ2) is 7.02. The van der Waals surface area contributed by atoms with Gasteiger partial charge in [0.2, 0.25) is 0 Å². The molecule has 2 rings (SSSR count). The predicted molar refractivity (Wildman–Crippen MR) is 77.6 cm³/mol. The molecule has 0 bridgehead atoms. The van der Waals surface area contributed by atoms with Gasteiger partial charge < -0.3 is 0 Å². The van der Waals surface area contributed by atoms with Gasteiger partial charge in [0.15, 0.2) is 0 Å². The van der Waals surface area contributed by atoms with Crippen LogP contribution in [0.3, 0.4) is 0 Å². The molecule has 0 N–H and O–H groups in total. The molecule has 0 amide bonds. The molecule has 0 spiro atoms. The van der Waals surface area contributed by atoms with E-state index in [0.29, 0.717) is 5.02 Å². The molecule has 0 unspecified atom stereocenters. The zero-order valence-corrected chi connectivity index (χ0v) is 12.7. The van der Waals surface area contributed by atoms with Crippen LogP contribution in [0.4, 0.5) is 0 Å². The number of benzene rings is 2. The van der Waals surface area contributed by atoms with Gasteiger partial charge in [-0.25, -0.2) is 0 Å². The van der Waals surface area contributed by atoms with Crippen LogP contribution in [0, 0.1) is 0 Å². The van der Waals surface area contributed by atoms with Crippen molar-refractivity contribution in [1.29, 1.82) is 0 Å². The minimum atomic E-state index is -0.303. The fourth-order valence-corrected chi connectivity index (χ4v) is 2.98. The molecule has 5 heteroatoms. The van der Waals surface area contributed by atoms with Crippen LogP contribution < -0.4 is 0 Å². The summed E-state index contributed by atoms with van der Waals surface area (Å²) >= 11 is 9.64. The Morgan fingerprint density at radius 3 is 2.58 bits per heavy atom. The van der Waals surface area contributed by atoms with Crippen molar-refractivity contribution in [3.8, 4) is 0 Å². The Morgan fingerprint density at radius 1 is 1.16 bits per heavy atom. The maximum absolute atomic E-state index is 11.3. The Bertz CT molecular complexity index is 575. The summed E-state index contributed by atoms with van der Waals surface area (Å²) in [6.07, 6.45) is 0.215. The summed E-state index contributed by atoms with van der Waals surface area (Å²) in [5.74, 6) is -0.303. The van der Waals surface area contributed by atoms with Crippen LogP contribution in [0.1, 0.15) is 5.56 Å². The van der Waals surface area contributed by atoms with Crippen molar-refractivity contribution in [3.63, 3.8) is 0 Å². The molecule has 19 heavy (non-hydrogen) atoms. The zero-order chi connectivity index (χ0) is 13.7. The van der Waals surface area contributed by atoms with E-state index in [2.05, 4.69) is 3.79 Å². The van der Waals surface area contributed by atoms with E-state index in [-0.39, 0.29) is 12.4 Å². The first-order valence-electron chi connectivity index (χ1n) is 5.59. The monoisotopic (exact) mass is 304 g/mol. The molecule has 2 aromatic rings. The summed E-state index contributed by atoms with van der Waals surface area (Å²) in [7, 11) is 0. The summed E-state index contributed by atoms with van der Waals surface area (Å²) in [5.41, 5.74) is 0.846. The standard InChI is InChI=1S/C14H11ClO2S.Al/c15-11-6-10(8-14(16)17)7-13(9-11)18-12-4-2-1-3-5-12;/h1-7,9H,8H2,(H,16,17);/q;+3/p-1. The number of hydrogen-bond acceptors (Lipinski definition) is 3. The topological polar surface area (TPSA) is 26.3 Å². The fraction of sp³-hybridized carbons (Fsp3) is 0.0714. The van der Waals surface area contributed by atoms with E-state index < -0.39 is 0 Å². The third kappa shape index (κ3) is 4.59. The van der Waals surface area contributed by atoms with E-state index in [9.17, 15) is 4.79 Å². The molecule has 0 saturated heterocycles. The van der Waals surface area contributed by atoms with Crippen LogP contribution in [0.15, 0.2) is 58.3 Å². The van der Waals surface area contributed by atoms with Crippen LogP contribution >= 0.6 is 23.4 Å². The molecule has 0 heterocycles. The van der Waals surface area contributed by atoms with Gasteiger partial charge in [0.1, 0.15) is 0 Å². The number of carbonyl (C=O) groups excluding carboxylic acids is 1. The molecule has 0 aliphatic rings. The van der Waals surface area contributed by atoms with E-state index in [1.807, 2.05) is 59.1 Å². The number of carbonyl (C=O) groups is 1. The van der Waals surface area contributed by atoms with Gasteiger partial charge >= 0.3 is 130 Å². The van der Waals surface area contributed by atoms with E-state index in [0.717, 1.165) is 15.4 Å². The summed E-state index contributed by atoms with van der Waals surface area (Å²) in [5, 5.41) is 0.618. The van der Waals surface area contributed by atoms with Gasteiger partial charge in [0.05, 0.1) is 0 Å². The van der Waals surface area contributed by atoms with Gasteiger partial charge in [-0.1, -0.05) is 0 Å². The van der Waals surface area contributed by atoms with Crippen molar-refractivity contribution < 1.29 is 8.58 Å². The Kier molecular flexibility index (Phi) is 5.36. The number of rotatable bonds is 4. The van der Waals surface area contributed by atoms with Gasteiger partial charge in [0.25, 0.3) is 0 Å². The third-order valence-electron chi connectivity index (χ3n) is 2.39. The Balaban J connectivity index is 2.19. The maximum atomic E-state index is 11.3. The molecule has 0 aliphatic carbocycles. The van der Waals surface area contributed by atoms with Gasteiger partial charge in [-0.2, -0.15) is 0 Å². The molecular weight excluding hydrogens is 295 g/mol. The molecule has 0 aliphatic heterocycles. The van der Waals surface area contributed by atoms with Gasteiger partial charge in [-0.05, 0) is 0 Å². The number of hydrogen-bond donors (Lipinski definition) is 0. The van der Waals surface area contributed by atoms with Crippen LogP contribution in [0.25, 0.3) is 0 Å². The SMILES string of the molecule is O=C(Cc1cc(Cl)cc(Sc2ccccc2)c1)[O][Al+2]. The first-order valence-corrected chi connectivity index (χ1v) is 7.26. The van der Waals surface area contributed by atoms with Gasteiger partial charge in [-0.3, -0.25) is 0 Å². The summed E-state index contributed by atoms with van der Waals surface area (Å²) in [4.78, 5) is 13.4. The van der Waals surface area contributed by atoms with Crippen molar-refractivity contribution in [2.24, 2.45) is 0 Å². The minimum absolute atomic E-state index is 0.215. The van der Waals surface area contributed by atoms with Crippen LogP contribution in [0.5, 0.6) is 0 Å². The molecular formula is C14H10AlClO2S+2. The molecule has 2 nitrogen and oxygen atoms in total. The Hall–Kier alpha value is -0.918. The van der Waals surface area contributed by atoms with E-state index >= 15 is 0 Å². The Labute approximate surface area is 129 Å². The summed E-state index contributed by atoms with van der Waals surface area (Å²) in [6, 6.07) is 15.6. The first-order chi connectivity index (χ1) is 9.17. The van der Waals surface area contributed by atoms with Gasteiger partial charge in [-0.15, -0.1) is 0 Å². The molecule has 92 valence electrons. The van der Waals surface area contributed by atoms with Crippen molar-refractivity contribution in [1.82, 2.24) is 0 Å². The first kappa shape index (κ1) is 14.5. The Morgan fingerprint density at radius 2 is 1.89 bits per heavy atom. The summed E-state index contributed by atoms with van der Waals surface area (Å²) in [6.45, 7) is 0. The van der Waals surface area contributed by atoms with Crippen molar-refractivity contribution in [2.75, 3.05) is 0 Å². The van der Waals surface area contributed by atoms with E-state index in [1.54, 1.807) is 17.8 Å². The van der Waals surface area contributed by atoms with Crippen molar-refractivity contribution in [2.45, 2.75) is 16.2 Å². The van der Waals surface area contributed by atoms with Crippen LogP contribution in [-0.4, -0.2) is 22.6 Å². The van der Waals surface area contributed by atoms with Crippen molar-refractivity contribution in [3.05, 3.63) is 59.1 Å². The summed E-state index contributed by atoms with van der Waals surface area (Å²) < 4.78 is 4.58.